The van der Waals surface area contributed by atoms with E-state index >= 15 is 0 Å². The number of nitrogens with one attached hydrogen (secondary N) is 1. The van der Waals surface area contributed by atoms with Gasteiger partial charge in [0.25, 0.3) is 10.0 Å². The summed E-state index contributed by atoms with van der Waals surface area (Å²) in [6, 6.07) is 23.9. The summed E-state index contributed by atoms with van der Waals surface area (Å²) < 4.78 is 28.4. The highest BCUT2D eigenvalue weighted by Crippen LogP contribution is 2.27. The molecule has 8 heteroatoms. The van der Waals surface area contributed by atoms with Gasteiger partial charge in [-0.25, -0.2) is 8.42 Å². The van der Waals surface area contributed by atoms with E-state index in [1.54, 1.807) is 50.2 Å². The van der Waals surface area contributed by atoms with Crippen LogP contribution in [0.15, 0.2) is 89.8 Å². The van der Waals surface area contributed by atoms with Crippen molar-refractivity contribution in [3.63, 3.8) is 0 Å². The van der Waals surface area contributed by atoms with Crippen molar-refractivity contribution in [3.05, 3.63) is 96.1 Å². The maximum absolute atomic E-state index is 13.7. The van der Waals surface area contributed by atoms with Crippen LogP contribution >= 0.6 is 0 Å². The molecule has 0 bridgehead atoms. The molecule has 3 aromatic rings. The number of benzene rings is 3. The number of hydrogen-bond acceptors (Lipinski definition) is 4. The predicted molar refractivity (Wildman–Crippen MR) is 138 cm³/mol. The third-order valence-electron chi connectivity index (χ3n) is 5.89. The number of anilines is 1. The third kappa shape index (κ3) is 6.27. The minimum absolute atomic E-state index is 0.0891. The zero-order valence-electron chi connectivity index (χ0n) is 20.2. The molecule has 1 atom stereocenters. The van der Waals surface area contributed by atoms with Crippen LogP contribution in [0.3, 0.4) is 0 Å². The van der Waals surface area contributed by atoms with E-state index in [1.165, 1.54) is 24.1 Å². The first-order chi connectivity index (χ1) is 16.8. The fraction of sp³-hybridized carbons (Fsp3) is 0.259. The second-order valence-corrected chi connectivity index (χ2v) is 10.1. The Kier molecular flexibility index (Phi) is 8.65. The topological polar surface area (TPSA) is 86.8 Å². The standard InChI is InChI=1S/C27H31N3O4S/c1-21-12-10-11-17-25(21)30(35(33,34)24-15-8-5-9-16-24)20-26(31)29(22(2)27(32)28-3)19-18-23-13-6-4-7-14-23/h4-17,22H,18-20H2,1-3H3,(H,28,32)/t22-/m0/s1. The molecule has 3 rings (SSSR count). The van der Waals surface area contributed by atoms with Gasteiger partial charge in [-0.05, 0) is 49.6 Å². The Hall–Kier alpha value is -3.65. The molecule has 0 spiro atoms. The molecule has 0 unspecified atom stereocenters. The molecule has 0 saturated heterocycles. The molecule has 1 N–H and O–H groups in total. The van der Waals surface area contributed by atoms with E-state index in [2.05, 4.69) is 5.32 Å². The summed E-state index contributed by atoms with van der Waals surface area (Å²) in [7, 11) is -2.53. The van der Waals surface area contributed by atoms with Gasteiger partial charge in [0.15, 0.2) is 0 Å². The Morgan fingerprint density at radius 1 is 0.886 bits per heavy atom. The van der Waals surface area contributed by atoms with Gasteiger partial charge in [0.05, 0.1) is 10.6 Å². The van der Waals surface area contributed by atoms with E-state index in [1.807, 2.05) is 36.4 Å². The molecule has 2 amide bonds. The van der Waals surface area contributed by atoms with E-state index in [0.29, 0.717) is 12.1 Å². The number of carbonyl (C=O) groups excluding carboxylic acids is 2. The van der Waals surface area contributed by atoms with Crippen molar-refractivity contribution in [3.8, 4) is 0 Å². The number of rotatable bonds is 10. The molecule has 0 aromatic heterocycles. The molecular formula is C27H31N3O4S. The Morgan fingerprint density at radius 3 is 2.06 bits per heavy atom. The van der Waals surface area contributed by atoms with E-state index in [-0.39, 0.29) is 17.3 Å². The Morgan fingerprint density at radius 2 is 1.46 bits per heavy atom. The summed E-state index contributed by atoms with van der Waals surface area (Å²) in [4.78, 5) is 27.6. The number of likely N-dealkylation sites (N-methyl/N-ethyl adjacent to an activating group) is 1. The minimum Gasteiger partial charge on any atom is -0.357 e. The van der Waals surface area contributed by atoms with Gasteiger partial charge >= 0.3 is 0 Å². The molecular weight excluding hydrogens is 462 g/mol. The van der Waals surface area contributed by atoms with Crippen LogP contribution < -0.4 is 9.62 Å². The second kappa shape index (κ2) is 11.7. The lowest BCUT2D eigenvalue weighted by atomic mass is 10.1. The van der Waals surface area contributed by atoms with Crippen LogP contribution in [-0.2, 0) is 26.0 Å². The lowest BCUT2D eigenvalue weighted by Crippen LogP contribution is -2.51. The Labute approximate surface area is 207 Å². The highest BCUT2D eigenvalue weighted by Gasteiger charge is 2.32. The molecule has 3 aromatic carbocycles. The maximum Gasteiger partial charge on any atom is 0.264 e. The number of hydrogen-bond donors (Lipinski definition) is 1. The van der Waals surface area contributed by atoms with Gasteiger partial charge in [-0.1, -0.05) is 66.7 Å². The van der Waals surface area contributed by atoms with Crippen LogP contribution in [0.2, 0.25) is 0 Å². The number of para-hydroxylation sites is 1. The van der Waals surface area contributed by atoms with Gasteiger partial charge in [0.1, 0.15) is 12.6 Å². The van der Waals surface area contributed by atoms with Crippen molar-refractivity contribution >= 4 is 27.5 Å². The zero-order chi connectivity index (χ0) is 25.4. The van der Waals surface area contributed by atoms with Crippen LogP contribution in [0.5, 0.6) is 0 Å². The molecule has 0 fully saturated rings. The average molecular weight is 494 g/mol. The number of aryl methyl sites for hydroxylation is 1. The smallest absolute Gasteiger partial charge is 0.264 e. The summed E-state index contributed by atoms with van der Waals surface area (Å²) in [6.45, 7) is 3.28. The van der Waals surface area contributed by atoms with Crippen molar-refractivity contribution in [1.29, 1.82) is 0 Å². The number of amides is 2. The quantitative estimate of drug-likeness (QED) is 0.469. The SMILES string of the molecule is CNC(=O)[C@H](C)N(CCc1ccccc1)C(=O)CN(c1ccccc1C)S(=O)(=O)c1ccccc1. The second-order valence-electron chi connectivity index (χ2n) is 8.22. The van der Waals surface area contributed by atoms with Crippen molar-refractivity contribution in [2.75, 3.05) is 24.4 Å². The molecule has 35 heavy (non-hydrogen) atoms. The van der Waals surface area contributed by atoms with Gasteiger partial charge in [-0.3, -0.25) is 13.9 Å². The number of sulfonamides is 1. The third-order valence-corrected chi connectivity index (χ3v) is 7.67. The fourth-order valence-electron chi connectivity index (χ4n) is 3.86. The van der Waals surface area contributed by atoms with Crippen molar-refractivity contribution in [2.45, 2.75) is 31.2 Å². The van der Waals surface area contributed by atoms with Crippen molar-refractivity contribution in [2.24, 2.45) is 0 Å². The minimum atomic E-state index is -4.04. The monoisotopic (exact) mass is 493 g/mol. The Balaban J connectivity index is 1.97. The van der Waals surface area contributed by atoms with E-state index in [4.69, 9.17) is 0 Å². The molecule has 184 valence electrons. The zero-order valence-corrected chi connectivity index (χ0v) is 21.0. The molecule has 0 aliphatic rings. The van der Waals surface area contributed by atoms with Crippen LogP contribution in [0.4, 0.5) is 5.69 Å². The van der Waals surface area contributed by atoms with Crippen molar-refractivity contribution < 1.29 is 18.0 Å². The van der Waals surface area contributed by atoms with Gasteiger partial charge in [-0.2, -0.15) is 0 Å². The molecule has 0 radical (unpaired) electrons. The van der Waals surface area contributed by atoms with E-state index in [9.17, 15) is 18.0 Å². The van der Waals surface area contributed by atoms with Gasteiger partial charge in [-0.15, -0.1) is 0 Å². The summed E-state index contributed by atoms with van der Waals surface area (Å²) in [5.74, 6) is -0.778. The molecule has 0 aliphatic carbocycles. The Bertz CT molecular complexity index is 1250. The summed E-state index contributed by atoms with van der Waals surface area (Å²) >= 11 is 0. The lowest BCUT2D eigenvalue weighted by molar-refractivity contribution is -0.138. The van der Waals surface area contributed by atoms with Crippen LogP contribution in [-0.4, -0.2) is 51.3 Å². The average Bonchev–Trinajstić information content (AvgIpc) is 2.88. The molecule has 7 nitrogen and oxygen atoms in total. The summed E-state index contributed by atoms with van der Waals surface area (Å²) in [5.41, 5.74) is 2.15. The normalized spacial score (nSPS) is 12.0. The molecule has 0 aliphatic heterocycles. The van der Waals surface area contributed by atoms with Crippen LogP contribution in [0, 0.1) is 6.92 Å². The predicted octanol–water partition coefficient (Wildman–Crippen LogP) is 3.40. The number of nitrogens with zero attached hydrogens (tertiary/aromatic N) is 2. The van der Waals surface area contributed by atoms with Gasteiger partial charge in [0, 0.05) is 13.6 Å². The summed E-state index contributed by atoms with van der Waals surface area (Å²) in [5, 5.41) is 2.58. The lowest BCUT2D eigenvalue weighted by Gasteiger charge is -2.32. The molecule has 0 saturated carbocycles. The maximum atomic E-state index is 13.7. The van der Waals surface area contributed by atoms with Crippen LogP contribution in [0.25, 0.3) is 0 Å². The first kappa shape index (κ1) is 26.0. The first-order valence-corrected chi connectivity index (χ1v) is 12.9. The highest BCUT2D eigenvalue weighted by atomic mass is 32.2. The van der Waals surface area contributed by atoms with E-state index < -0.39 is 28.5 Å². The van der Waals surface area contributed by atoms with E-state index in [0.717, 1.165) is 15.4 Å². The number of carbonyl (C=O) groups is 2. The highest BCUT2D eigenvalue weighted by molar-refractivity contribution is 7.92. The van der Waals surface area contributed by atoms with Gasteiger partial charge in [0.2, 0.25) is 11.8 Å². The van der Waals surface area contributed by atoms with Gasteiger partial charge < -0.3 is 10.2 Å². The first-order valence-electron chi connectivity index (χ1n) is 11.4. The largest absolute Gasteiger partial charge is 0.357 e. The van der Waals surface area contributed by atoms with Crippen LogP contribution in [0.1, 0.15) is 18.1 Å². The summed E-state index contributed by atoms with van der Waals surface area (Å²) in [6.07, 6.45) is 0.531. The van der Waals surface area contributed by atoms with Crippen molar-refractivity contribution in [1.82, 2.24) is 10.2 Å². The fourth-order valence-corrected chi connectivity index (χ4v) is 5.35. The molecule has 0 heterocycles.